The molecule has 1 heterocycles. The Morgan fingerprint density at radius 3 is 2.67 bits per heavy atom. The van der Waals surface area contributed by atoms with E-state index >= 15 is 0 Å². The van der Waals surface area contributed by atoms with E-state index in [-0.39, 0.29) is 11.7 Å². The highest BCUT2D eigenvalue weighted by atomic mass is 16.7. The standard InChI is InChI=1S/C12H18O3/c13-8-9-2-1-3-11-10(9)4-5-12(11)14-6-7-15-12/h8-11H,1-7H2/t9-,10-,11+/m1/s1. The van der Waals surface area contributed by atoms with Gasteiger partial charge in [-0.2, -0.15) is 0 Å². The van der Waals surface area contributed by atoms with Gasteiger partial charge in [0.05, 0.1) is 13.2 Å². The summed E-state index contributed by atoms with van der Waals surface area (Å²) in [4.78, 5) is 11.0. The van der Waals surface area contributed by atoms with Gasteiger partial charge < -0.3 is 14.3 Å². The maximum absolute atomic E-state index is 11.0. The van der Waals surface area contributed by atoms with E-state index in [1.807, 2.05) is 0 Å². The summed E-state index contributed by atoms with van der Waals surface area (Å²) in [6.07, 6.45) is 6.65. The molecule has 2 aliphatic carbocycles. The number of hydrogen-bond acceptors (Lipinski definition) is 3. The van der Waals surface area contributed by atoms with Gasteiger partial charge in [0.25, 0.3) is 0 Å². The quantitative estimate of drug-likeness (QED) is 0.619. The third-order valence-corrected chi connectivity index (χ3v) is 4.46. The number of carbonyl (C=O) groups is 1. The van der Waals surface area contributed by atoms with E-state index in [1.54, 1.807) is 0 Å². The predicted molar refractivity (Wildman–Crippen MR) is 54.3 cm³/mol. The third-order valence-electron chi connectivity index (χ3n) is 4.46. The topological polar surface area (TPSA) is 35.5 Å². The fourth-order valence-electron chi connectivity index (χ4n) is 3.81. The molecule has 0 aromatic rings. The first-order valence-corrected chi connectivity index (χ1v) is 6.09. The average Bonchev–Trinajstić information content (AvgIpc) is 2.89. The Hall–Kier alpha value is -0.410. The highest BCUT2D eigenvalue weighted by Gasteiger charge is 2.55. The molecule has 0 N–H and O–H groups in total. The molecule has 0 bridgehead atoms. The molecule has 3 atom stereocenters. The van der Waals surface area contributed by atoms with Crippen molar-refractivity contribution >= 4 is 6.29 Å². The summed E-state index contributed by atoms with van der Waals surface area (Å²) >= 11 is 0. The largest absolute Gasteiger partial charge is 0.347 e. The Bertz CT molecular complexity index is 258. The van der Waals surface area contributed by atoms with Crippen molar-refractivity contribution in [3.63, 3.8) is 0 Å². The molecule has 0 radical (unpaired) electrons. The molecule has 3 heteroatoms. The van der Waals surface area contributed by atoms with Crippen LogP contribution < -0.4 is 0 Å². The van der Waals surface area contributed by atoms with Crippen molar-refractivity contribution in [3.05, 3.63) is 0 Å². The minimum Gasteiger partial charge on any atom is -0.347 e. The summed E-state index contributed by atoms with van der Waals surface area (Å²) in [7, 11) is 0. The maximum atomic E-state index is 11.0. The van der Waals surface area contributed by atoms with Crippen molar-refractivity contribution in [3.8, 4) is 0 Å². The van der Waals surface area contributed by atoms with Crippen molar-refractivity contribution in [2.45, 2.75) is 37.9 Å². The fraction of sp³-hybridized carbons (Fsp3) is 0.917. The molecular weight excluding hydrogens is 192 g/mol. The zero-order valence-electron chi connectivity index (χ0n) is 8.98. The lowest BCUT2D eigenvalue weighted by molar-refractivity contribution is -0.193. The van der Waals surface area contributed by atoms with Crippen LogP contribution in [-0.4, -0.2) is 25.3 Å². The normalized spacial score (nSPS) is 43.1. The molecule has 0 unspecified atom stereocenters. The molecule has 0 amide bonds. The van der Waals surface area contributed by atoms with Crippen LogP contribution in [0.2, 0.25) is 0 Å². The Balaban J connectivity index is 1.83. The van der Waals surface area contributed by atoms with Gasteiger partial charge >= 0.3 is 0 Å². The average molecular weight is 210 g/mol. The van der Waals surface area contributed by atoms with Gasteiger partial charge in [0.2, 0.25) is 0 Å². The van der Waals surface area contributed by atoms with E-state index in [0.29, 0.717) is 11.8 Å². The first kappa shape index (κ1) is 9.79. The van der Waals surface area contributed by atoms with E-state index < -0.39 is 0 Å². The number of hydrogen-bond donors (Lipinski definition) is 0. The van der Waals surface area contributed by atoms with Gasteiger partial charge in [0, 0.05) is 18.3 Å². The second-order valence-corrected chi connectivity index (χ2v) is 5.05. The Labute approximate surface area is 90.1 Å². The summed E-state index contributed by atoms with van der Waals surface area (Å²) < 4.78 is 11.7. The maximum Gasteiger partial charge on any atom is 0.171 e. The van der Waals surface area contributed by atoms with Crippen LogP contribution in [0, 0.1) is 17.8 Å². The van der Waals surface area contributed by atoms with Crippen LogP contribution in [0.25, 0.3) is 0 Å². The summed E-state index contributed by atoms with van der Waals surface area (Å²) in [5.74, 6) is 0.959. The van der Waals surface area contributed by atoms with Crippen LogP contribution in [0.1, 0.15) is 32.1 Å². The molecule has 1 aliphatic heterocycles. The molecule has 3 fully saturated rings. The number of rotatable bonds is 1. The Kier molecular flexibility index (Phi) is 2.33. The zero-order valence-corrected chi connectivity index (χ0v) is 8.98. The van der Waals surface area contributed by atoms with Crippen LogP contribution in [0.5, 0.6) is 0 Å². The van der Waals surface area contributed by atoms with Gasteiger partial charge in [-0.1, -0.05) is 6.42 Å². The second kappa shape index (κ2) is 3.56. The van der Waals surface area contributed by atoms with Crippen LogP contribution in [0.3, 0.4) is 0 Å². The van der Waals surface area contributed by atoms with Crippen molar-refractivity contribution in [1.29, 1.82) is 0 Å². The lowest BCUT2D eigenvalue weighted by Crippen LogP contribution is -2.40. The molecule has 15 heavy (non-hydrogen) atoms. The van der Waals surface area contributed by atoms with Gasteiger partial charge in [0.15, 0.2) is 5.79 Å². The fourth-order valence-corrected chi connectivity index (χ4v) is 3.81. The third kappa shape index (κ3) is 1.36. The van der Waals surface area contributed by atoms with E-state index in [0.717, 1.165) is 45.2 Å². The molecule has 3 nitrogen and oxygen atoms in total. The van der Waals surface area contributed by atoms with Gasteiger partial charge in [-0.05, 0) is 25.2 Å². The van der Waals surface area contributed by atoms with Crippen molar-refractivity contribution < 1.29 is 14.3 Å². The number of ether oxygens (including phenoxy) is 2. The molecule has 1 spiro atoms. The highest BCUT2D eigenvalue weighted by molar-refractivity contribution is 5.54. The molecular formula is C12H18O3. The minimum absolute atomic E-state index is 0.260. The van der Waals surface area contributed by atoms with E-state index in [2.05, 4.69) is 0 Å². The van der Waals surface area contributed by atoms with Crippen molar-refractivity contribution in [1.82, 2.24) is 0 Å². The number of aldehydes is 1. The van der Waals surface area contributed by atoms with Gasteiger partial charge in [-0.3, -0.25) is 0 Å². The molecule has 3 rings (SSSR count). The molecule has 2 saturated carbocycles. The number of fused-ring (bicyclic) bond motifs is 2. The first-order chi connectivity index (χ1) is 7.36. The highest BCUT2D eigenvalue weighted by Crippen LogP contribution is 2.53. The molecule has 1 saturated heterocycles. The van der Waals surface area contributed by atoms with Crippen LogP contribution in [0.15, 0.2) is 0 Å². The molecule has 84 valence electrons. The van der Waals surface area contributed by atoms with Crippen LogP contribution in [-0.2, 0) is 14.3 Å². The second-order valence-electron chi connectivity index (χ2n) is 5.05. The smallest absolute Gasteiger partial charge is 0.171 e. The van der Waals surface area contributed by atoms with E-state index in [1.165, 1.54) is 6.42 Å². The zero-order chi connectivity index (χ0) is 10.3. The number of carbonyl (C=O) groups excluding carboxylic acids is 1. The van der Waals surface area contributed by atoms with Crippen molar-refractivity contribution in [2.24, 2.45) is 17.8 Å². The predicted octanol–water partition coefficient (Wildman–Crippen LogP) is 1.75. The summed E-state index contributed by atoms with van der Waals surface area (Å²) in [5, 5.41) is 0. The summed E-state index contributed by atoms with van der Waals surface area (Å²) in [5.41, 5.74) is 0. The minimum atomic E-state index is -0.299. The molecule has 0 aromatic carbocycles. The first-order valence-electron chi connectivity index (χ1n) is 6.09. The molecule has 3 aliphatic rings. The lowest BCUT2D eigenvalue weighted by atomic mass is 9.73. The summed E-state index contributed by atoms with van der Waals surface area (Å²) in [6, 6.07) is 0. The van der Waals surface area contributed by atoms with E-state index in [4.69, 9.17) is 9.47 Å². The Morgan fingerprint density at radius 2 is 1.93 bits per heavy atom. The van der Waals surface area contributed by atoms with Gasteiger partial charge in [-0.25, -0.2) is 0 Å². The van der Waals surface area contributed by atoms with E-state index in [9.17, 15) is 4.79 Å². The Morgan fingerprint density at radius 1 is 1.13 bits per heavy atom. The van der Waals surface area contributed by atoms with Gasteiger partial charge in [0.1, 0.15) is 6.29 Å². The van der Waals surface area contributed by atoms with Crippen molar-refractivity contribution in [2.75, 3.05) is 13.2 Å². The van der Waals surface area contributed by atoms with Crippen LogP contribution >= 0.6 is 0 Å². The monoisotopic (exact) mass is 210 g/mol. The lowest BCUT2D eigenvalue weighted by Gasteiger charge is -2.37. The SMILES string of the molecule is O=C[C@H]1CCC[C@H]2[C@@H]1CCC21OCCO1. The molecule has 0 aromatic heterocycles. The van der Waals surface area contributed by atoms with Crippen LogP contribution in [0.4, 0.5) is 0 Å². The van der Waals surface area contributed by atoms with Gasteiger partial charge in [-0.15, -0.1) is 0 Å². The summed E-state index contributed by atoms with van der Waals surface area (Å²) in [6.45, 7) is 1.46.